The van der Waals surface area contributed by atoms with Crippen LogP contribution in [0.25, 0.3) is 0 Å². The van der Waals surface area contributed by atoms with Crippen molar-refractivity contribution in [3.8, 4) is 0 Å². The molecule has 0 atom stereocenters. The summed E-state index contributed by atoms with van der Waals surface area (Å²) in [5.41, 5.74) is 1.22. The molecule has 1 aromatic rings. The Hall–Kier alpha value is -0.885. The molecule has 1 aromatic carbocycles. The molecule has 0 saturated carbocycles. The summed E-state index contributed by atoms with van der Waals surface area (Å²) in [5.74, 6) is 0.263. The molecule has 0 aromatic heterocycles. The molecular formula is C16H24BNO4S. The van der Waals surface area contributed by atoms with Crippen LogP contribution in [0.4, 0.5) is 0 Å². The number of hydrogen-bond acceptors (Lipinski definition) is 4. The summed E-state index contributed by atoms with van der Waals surface area (Å²) in [6.45, 7) is 9.16. The van der Waals surface area contributed by atoms with Crippen molar-refractivity contribution in [2.45, 2.75) is 51.9 Å². The fraction of sp³-hybridized carbons (Fsp3) is 0.625. The van der Waals surface area contributed by atoms with Crippen molar-refractivity contribution in [2.24, 2.45) is 0 Å². The zero-order chi connectivity index (χ0) is 16.9. The highest BCUT2D eigenvalue weighted by molar-refractivity contribution is 7.89. The van der Waals surface area contributed by atoms with E-state index in [9.17, 15) is 8.42 Å². The molecule has 0 unspecified atom stereocenters. The topological polar surface area (TPSA) is 55.8 Å². The minimum absolute atomic E-state index is 0.263. The van der Waals surface area contributed by atoms with Crippen molar-refractivity contribution in [1.82, 2.24) is 4.31 Å². The maximum absolute atomic E-state index is 11.9. The van der Waals surface area contributed by atoms with Gasteiger partial charge in [-0.3, -0.25) is 0 Å². The SMILES string of the molecule is CC1(C)OB(c2ccc(CN3CCCS3(=O)=O)cc2)OC1(C)C. The van der Waals surface area contributed by atoms with E-state index in [0.29, 0.717) is 19.5 Å². The van der Waals surface area contributed by atoms with Gasteiger partial charge in [-0.2, -0.15) is 4.31 Å². The number of nitrogens with zero attached hydrogens (tertiary/aromatic N) is 1. The predicted molar refractivity (Wildman–Crippen MR) is 91.0 cm³/mol. The van der Waals surface area contributed by atoms with Crippen LogP contribution in [0.15, 0.2) is 24.3 Å². The van der Waals surface area contributed by atoms with Gasteiger partial charge in [0, 0.05) is 13.1 Å². The minimum Gasteiger partial charge on any atom is -0.399 e. The lowest BCUT2D eigenvalue weighted by molar-refractivity contribution is 0.00578. The zero-order valence-electron chi connectivity index (χ0n) is 14.2. The third kappa shape index (κ3) is 3.20. The molecule has 2 fully saturated rings. The highest BCUT2D eigenvalue weighted by Crippen LogP contribution is 2.36. The average molecular weight is 337 g/mol. The quantitative estimate of drug-likeness (QED) is 0.785. The van der Waals surface area contributed by atoms with Gasteiger partial charge in [0.25, 0.3) is 0 Å². The van der Waals surface area contributed by atoms with Gasteiger partial charge in [-0.05, 0) is 45.1 Å². The normalized spacial score (nSPS) is 25.8. The molecular weight excluding hydrogens is 313 g/mol. The zero-order valence-corrected chi connectivity index (χ0v) is 15.0. The van der Waals surface area contributed by atoms with Gasteiger partial charge in [0.05, 0.1) is 17.0 Å². The second-order valence-electron chi connectivity index (χ2n) is 7.33. The van der Waals surface area contributed by atoms with E-state index in [1.165, 1.54) is 0 Å². The van der Waals surface area contributed by atoms with Crippen LogP contribution in [0.3, 0.4) is 0 Å². The van der Waals surface area contributed by atoms with Gasteiger partial charge in [-0.1, -0.05) is 24.3 Å². The minimum atomic E-state index is -3.06. The van der Waals surface area contributed by atoms with Crippen LogP contribution in [-0.4, -0.2) is 43.3 Å². The molecule has 2 heterocycles. The number of benzene rings is 1. The van der Waals surface area contributed by atoms with E-state index in [1.54, 1.807) is 4.31 Å². The lowest BCUT2D eigenvalue weighted by Crippen LogP contribution is -2.41. The largest absolute Gasteiger partial charge is 0.494 e. The van der Waals surface area contributed by atoms with Gasteiger partial charge in [-0.15, -0.1) is 0 Å². The molecule has 2 saturated heterocycles. The first kappa shape index (κ1) is 17.0. The van der Waals surface area contributed by atoms with E-state index in [2.05, 4.69) is 0 Å². The first-order valence-corrected chi connectivity index (χ1v) is 9.64. The van der Waals surface area contributed by atoms with Crippen molar-refractivity contribution in [1.29, 1.82) is 0 Å². The Morgan fingerprint density at radius 2 is 1.65 bits per heavy atom. The van der Waals surface area contributed by atoms with Crippen molar-refractivity contribution < 1.29 is 17.7 Å². The molecule has 126 valence electrons. The van der Waals surface area contributed by atoms with E-state index in [4.69, 9.17) is 9.31 Å². The Morgan fingerprint density at radius 1 is 1.09 bits per heavy atom. The number of hydrogen-bond donors (Lipinski definition) is 0. The van der Waals surface area contributed by atoms with E-state index >= 15 is 0 Å². The van der Waals surface area contributed by atoms with Gasteiger partial charge >= 0.3 is 7.12 Å². The van der Waals surface area contributed by atoms with Gasteiger partial charge in [0.1, 0.15) is 0 Å². The molecule has 0 bridgehead atoms. The standard InChI is InChI=1S/C16H24BNO4S/c1-15(2)16(3,4)22-17(21-15)14-8-6-13(7-9-14)12-18-10-5-11-23(18,19)20/h6-9H,5,10-12H2,1-4H3. The van der Waals surface area contributed by atoms with E-state index in [-0.39, 0.29) is 24.1 Å². The Bertz CT molecular complexity index is 669. The van der Waals surface area contributed by atoms with Gasteiger partial charge in [-0.25, -0.2) is 8.42 Å². The predicted octanol–water partition coefficient (Wildman–Crippen LogP) is 1.52. The summed E-state index contributed by atoms with van der Waals surface area (Å²) in [7, 11) is -3.44. The van der Waals surface area contributed by atoms with E-state index < -0.39 is 10.0 Å². The van der Waals surface area contributed by atoms with Crippen molar-refractivity contribution in [3.63, 3.8) is 0 Å². The molecule has 0 spiro atoms. The first-order chi connectivity index (χ1) is 10.6. The summed E-state index contributed by atoms with van der Waals surface area (Å²) in [6.07, 6.45) is 0.717. The molecule has 0 aliphatic carbocycles. The third-order valence-corrected chi connectivity index (χ3v) is 6.97. The molecule has 7 heteroatoms. The summed E-state index contributed by atoms with van der Waals surface area (Å²) in [5, 5.41) is 0. The van der Waals surface area contributed by atoms with Gasteiger partial charge in [0.2, 0.25) is 10.0 Å². The third-order valence-electron chi connectivity index (χ3n) is 5.07. The highest BCUT2D eigenvalue weighted by Gasteiger charge is 2.51. The van der Waals surface area contributed by atoms with E-state index in [1.807, 2.05) is 52.0 Å². The van der Waals surface area contributed by atoms with Gasteiger partial charge in [0.15, 0.2) is 0 Å². The molecule has 3 rings (SSSR count). The fourth-order valence-electron chi connectivity index (χ4n) is 2.83. The van der Waals surface area contributed by atoms with Crippen LogP contribution in [0.5, 0.6) is 0 Å². The van der Waals surface area contributed by atoms with Crippen LogP contribution < -0.4 is 5.46 Å². The van der Waals surface area contributed by atoms with Crippen LogP contribution >= 0.6 is 0 Å². The maximum Gasteiger partial charge on any atom is 0.494 e. The smallest absolute Gasteiger partial charge is 0.399 e. The maximum atomic E-state index is 11.9. The highest BCUT2D eigenvalue weighted by atomic mass is 32.2. The van der Waals surface area contributed by atoms with E-state index in [0.717, 1.165) is 11.0 Å². The molecule has 23 heavy (non-hydrogen) atoms. The molecule has 0 amide bonds. The van der Waals surface area contributed by atoms with Crippen LogP contribution in [0, 0.1) is 0 Å². The number of rotatable bonds is 3. The van der Waals surface area contributed by atoms with Crippen LogP contribution in [0.2, 0.25) is 0 Å². The Labute approximate surface area is 139 Å². The summed E-state index contributed by atoms with van der Waals surface area (Å²) >= 11 is 0. The monoisotopic (exact) mass is 337 g/mol. The van der Waals surface area contributed by atoms with Crippen molar-refractivity contribution >= 4 is 22.6 Å². The molecule has 5 nitrogen and oxygen atoms in total. The van der Waals surface area contributed by atoms with Crippen LogP contribution in [-0.2, 0) is 25.9 Å². The Morgan fingerprint density at radius 3 is 2.13 bits per heavy atom. The molecule has 0 N–H and O–H groups in total. The second kappa shape index (κ2) is 5.58. The summed E-state index contributed by atoms with van der Waals surface area (Å²) < 4.78 is 37.4. The number of sulfonamides is 1. The molecule has 0 radical (unpaired) electrons. The van der Waals surface area contributed by atoms with Crippen molar-refractivity contribution in [3.05, 3.63) is 29.8 Å². The summed E-state index contributed by atoms with van der Waals surface area (Å²) in [4.78, 5) is 0. The Balaban J connectivity index is 1.71. The average Bonchev–Trinajstić information content (AvgIpc) is 2.87. The first-order valence-electron chi connectivity index (χ1n) is 8.03. The fourth-order valence-corrected chi connectivity index (χ4v) is 4.34. The van der Waals surface area contributed by atoms with Gasteiger partial charge < -0.3 is 9.31 Å². The lowest BCUT2D eigenvalue weighted by atomic mass is 9.79. The second-order valence-corrected chi connectivity index (χ2v) is 9.42. The molecule has 2 aliphatic heterocycles. The summed E-state index contributed by atoms with van der Waals surface area (Å²) in [6, 6.07) is 7.82. The van der Waals surface area contributed by atoms with Crippen LogP contribution in [0.1, 0.15) is 39.7 Å². The Kier molecular flexibility index (Phi) is 4.12. The molecule has 2 aliphatic rings. The van der Waals surface area contributed by atoms with Crippen molar-refractivity contribution in [2.75, 3.05) is 12.3 Å². The lowest BCUT2D eigenvalue weighted by Gasteiger charge is -2.32.